The molecular weight excluding hydrogens is 129 g/mol. The highest BCUT2D eigenvalue weighted by atomic mass is 19.1. The largest absolute Gasteiger partial charge is 0.308 e. The Morgan fingerprint density at radius 3 is 2.70 bits per heavy atom. The predicted molar refractivity (Wildman–Crippen MR) is 39.0 cm³/mol. The van der Waals surface area contributed by atoms with Gasteiger partial charge >= 0.3 is 0 Å². The number of benzene rings is 1. The number of halogens is 1. The van der Waals surface area contributed by atoms with Crippen molar-refractivity contribution in [1.29, 1.82) is 5.41 Å². The molecule has 1 N–H and O–H groups in total. The summed E-state index contributed by atoms with van der Waals surface area (Å²) in [4.78, 5) is 0. The lowest BCUT2D eigenvalue weighted by atomic mass is 10.1. The van der Waals surface area contributed by atoms with Crippen LogP contribution in [0.3, 0.4) is 0 Å². The number of aryl methyl sites for hydroxylation is 1. The highest BCUT2D eigenvalue weighted by Gasteiger charge is 1.96. The second-order valence-electron chi connectivity index (χ2n) is 2.17. The lowest BCUT2D eigenvalue weighted by Gasteiger charge is -1.95. The molecule has 0 aliphatic rings. The van der Waals surface area contributed by atoms with E-state index in [9.17, 15) is 4.39 Å². The number of hydrogen-bond acceptors (Lipinski definition) is 1. The molecule has 2 heteroatoms. The van der Waals surface area contributed by atoms with E-state index in [-0.39, 0.29) is 5.82 Å². The Hall–Kier alpha value is -1.18. The molecule has 0 aliphatic heterocycles. The third-order valence-corrected chi connectivity index (χ3v) is 1.31. The van der Waals surface area contributed by atoms with E-state index in [2.05, 4.69) is 0 Å². The maximum absolute atomic E-state index is 12.7. The molecule has 10 heavy (non-hydrogen) atoms. The molecule has 0 unspecified atom stereocenters. The molecule has 0 aliphatic carbocycles. The van der Waals surface area contributed by atoms with E-state index in [1.54, 1.807) is 12.1 Å². The molecule has 0 saturated heterocycles. The summed E-state index contributed by atoms with van der Waals surface area (Å²) in [6.07, 6.45) is 1.01. The fraction of sp³-hybridized carbons (Fsp3) is 0.125. The summed E-state index contributed by atoms with van der Waals surface area (Å²) in [5.41, 5.74) is 1.22. The summed E-state index contributed by atoms with van der Waals surface area (Å²) in [5, 5.41) is 6.79. The maximum Gasteiger partial charge on any atom is 0.132 e. The van der Waals surface area contributed by atoms with Gasteiger partial charge in [-0.25, -0.2) is 4.39 Å². The molecule has 0 bridgehead atoms. The van der Waals surface area contributed by atoms with Gasteiger partial charge in [0.15, 0.2) is 0 Å². The van der Waals surface area contributed by atoms with E-state index in [1.165, 1.54) is 6.07 Å². The van der Waals surface area contributed by atoms with Crippen molar-refractivity contribution in [2.24, 2.45) is 0 Å². The van der Waals surface area contributed by atoms with Crippen molar-refractivity contribution in [3.8, 4) is 0 Å². The first-order valence-electron chi connectivity index (χ1n) is 3.00. The van der Waals surface area contributed by atoms with Crippen molar-refractivity contribution >= 4 is 6.21 Å². The number of rotatable bonds is 1. The number of nitrogens with one attached hydrogen (secondary N) is 1. The molecule has 0 fully saturated rings. The van der Waals surface area contributed by atoms with Crippen molar-refractivity contribution in [2.45, 2.75) is 6.92 Å². The van der Waals surface area contributed by atoms with E-state index >= 15 is 0 Å². The third-order valence-electron chi connectivity index (χ3n) is 1.31. The minimum absolute atomic E-state index is 0.324. The number of hydrogen-bond donors (Lipinski definition) is 1. The van der Waals surface area contributed by atoms with E-state index in [1.807, 2.05) is 6.92 Å². The quantitative estimate of drug-likeness (QED) is 0.573. The summed E-state index contributed by atoms with van der Waals surface area (Å²) < 4.78 is 12.7. The van der Waals surface area contributed by atoms with Gasteiger partial charge in [0.2, 0.25) is 0 Å². The summed E-state index contributed by atoms with van der Waals surface area (Å²) >= 11 is 0. The topological polar surface area (TPSA) is 23.9 Å². The Bertz CT molecular complexity index is 255. The van der Waals surface area contributed by atoms with Crippen LogP contribution in [0.1, 0.15) is 11.1 Å². The smallest absolute Gasteiger partial charge is 0.132 e. The molecule has 0 aromatic heterocycles. The Kier molecular flexibility index (Phi) is 1.81. The molecule has 0 atom stereocenters. The van der Waals surface area contributed by atoms with E-state index in [0.29, 0.717) is 5.56 Å². The van der Waals surface area contributed by atoms with Crippen LogP contribution in [0.4, 0.5) is 4.39 Å². The van der Waals surface area contributed by atoms with Crippen molar-refractivity contribution in [3.05, 3.63) is 35.1 Å². The van der Waals surface area contributed by atoms with Gasteiger partial charge in [0, 0.05) is 11.8 Å². The van der Waals surface area contributed by atoms with Crippen LogP contribution in [-0.4, -0.2) is 6.21 Å². The molecule has 0 radical (unpaired) electrons. The van der Waals surface area contributed by atoms with Gasteiger partial charge in [0.1, 0.15) is 5.82 Å². The van der Waals surface area contributed by atoms with Crippen molar-refractivity contribution in [3.63, 3.8) is 0 Å². The van der Waals surface area contributed by atoms with E-state index in [4.69, 9.17) is 5.41 Å². The average molecular weight is 137 g/mol. The van der Waals surface area contributed by atoms with Gasteiger partial charge in [-0.15, -0.1) is 0 Å². The third kappa shape index (κ3) is 1.21. The Morgan fingerprint density at radius 1 is 1.50 bits per heavy atom. The van der Waals surface area contributed by atoms with Crippen LogP contribution in [-0.2, 0) is 0 Å². The Morgan fingerprint density at radius 2 is 2.20 bits per heavy atom. The zero-order valence-corrected chi connectivity index (χ0v) is 5.69. The molecule has 1 aromatic rings. The lowest BCUT2D eigenvalue weighted by molar-refractivity contribution is 0.624. The standard InChI is InChI=1S/C8H8FN/c1-6-2-3-7(5-10)8(9)4-6/h2-5,10H,1H3. The second kappa shape index (κ2) is 2.60. The summed E-state index contributed by atoms with van der Waals surface area (Å²) in [7, 11) is 0. The van der Waals surface area contributed by atoms with Gasteiger partial charge in [0.25, 0.3) is 0 Å². The van der Waals surface area contributed by atoms with Gasteiger partial charge < -0.3 is 5.41 Å². The molecule has 0 spiro atoms. The van der Waals surface area contributed by atoms with Crippen LogP contribution in [0.25, 0.3) is 0 Å². The van der Waals surface area contributed by atoms with Crippen LogP contribution in [0, 0.1) is 18.2 Å². The highest BCUT2D eigenvalue weighted by Crippen LogP contribution is 2.06. The maximum atomic E-state index is 12.7. The first kappa shape index (κ1) is 6.93. The highest BCUT2D eigenvalue weighted by molar-refractivity contribution is 5.77. The van der Waals surface area contributed by atoms with Crippen LogP contribution in [0.5, 0.6) is 0 Å². The molecular formula is C8H8FN. The molecule has 1 nitrogen and oxygen atoms in total. The fourth-order valence-electron chi connectivity index (χ4n) is 0.749. The normalized spacial score (nSPS) is 9.40. The average Bonchev–Trinajstić information content (AvgIpc) is 1.88. The fourth-order valence-corrected chi connectivity index (χ4v) is 0.749. The molecule has 52 valence electrons. The minimum Gasteiger partial charge on any atom is -0.308 e. The summed E-state index contributed by atoms with van der Waals surface area (Å²) in [5.74, 6) is -0.324. The zero-order valence-electron chi connectivity index (χ0n) is 5.69. The summed E-state index contributed by atoms with van der Waals surface area (Å²) in [6, 6.07) is 4.79. The van der Waals surface area contributed by atoms with Gasteiger partial charge in [-0.2, -0.15) is 0 Å². The first-order valence-corrected chi connectivity index (χ1v) is 3.00. The van der Waals surface area contributed by atoms with E-state index < -0.39 is 0 Å². The van der Waals surface area contributed by atoms with Crippen molar-refractivity contribution < 1.29 is 4.39 Å². The Balaban J connectivity index is 3.19. The molecule has 0 heterocycles. The van der Waals surface area contributed by atoms with Gasteiger partial charge in [-0.05, 0) is 18.6 Å². The van der Waals surface area contributed by atoms with Crippen LogP contribution in [0.15, 0.2) is 18.2 Å². The van der Waals surface area contributed by atoms with Crippen LogP contribution < -0.4 is 0 Å². The SMILES string of the molecule is Cc1ccc(C=N)c(F)c1. The second-order valence-corrected chi connectivity index (χ2v) is 2.17. The molecule has 1 aromatic carbocycles. The monoisotopic (exact) mass is 137 g/mol. The molecule has 0 amide bonds. The van der Waals surface area contributed by atoms with Gasteiger partial charge in [-0.3, -0.25) is 0 Å². The van der Waals surface area contributed by atoms with Crippen LogP contribution >= 0.6 is 0 Å². The minimum atomic E-state index is -0.324. The zero-order chi connectivity index (χ0) is 7.56. The van der Waals surface area contributed by atoms with Gasteiger partial charge in [-0.1, -0.05) is 12.1 Å². The predicted octanol–water partition coefficient (Wildman–Crippen LogP) is 2.13. The first-order chi connectivity index (χ1) is 4.74. The van der Waals surface area contributed by atoms with Gasteiger partial charge in [0.05, 0.1) is 0 Å². The van der Waals surface area contributed by atoms with Crippen molar-refractivity contribution in [2.75, 3.05) is 0 Å². The van der Waals surface area contributed by atoms with E-state index in [0.717, 1.165) is 11.8 Å². The lowest BCUT2D eigenvalue weighted by Crippen LogP contribution is -1.86. The molecule has 1 rings (SSSR count). The van der Waals surface area contributed by atoms with Crippen LogP contribution in [0.2, 0.25) is 0 Å². The Labute approximate surface area is 59.0 Å². The summed E-state index contributed by atoms with van der Waals surface area (Å²) in [6.45, 7) is 1.82. The molecule has 0 saturated carbocycles. The van der Waals surface area contributed by atoms with Crippen molar-refractivity contribution in [1.82, 2.24) is 0 Å².